The van der Waals surface area contributed by atoms with Gasteiger partial charge in [0.25, 0.3) is 0 Å². The minimum atomic E-state index is -1.10. The predicted octanol–water partition coefficient (Wildman–Crippen LogP) is 2.13. The molecule has 0 aliphatic heterocycles. The van der Waals surface area contributed by atoms with Crippen LogP contribution in [0.2, 0.25) is 0 Å². The summed E-state index contributed by atoms with van der Waals surface area (Å²) in [5.41, 5.74) is 3.04. The van der Waals surface area contributed by atoms with Crippen molar-refractivity contribution >= 4 is 16.8 Å². The van der Waals surface area contributed by atoms with Crippen LogP contribution in [0.3, 0.4) is 0 Å². The van der Waals surface area contributed by atoms with E-state index >= 15 is 0 Å². The molecule has 0 aliphatic carbocycles. The summed E-state index contributed by atoms with van der Waals surface area (Å²) in [5.74, 6) is 0.392. The van der Waals surface area contributed by atoms with Gasteiger partial charge in [-0.3, -0.25) is 8.89 Å². The molecular formula is C17H24N4O2S. The fourth-order valence-corrected chi connectivity index (χ4v) is 3.46. The second-order valence-corrected chi connectivity index (χ2v) is 7.01. The van der Waals surface area contributed by atoms with Crippen molar-refractivity contribution in [2.45, 2.75) is 38.8 Å². The van der Waals surface area contributed by atoms with E-state index in [1.165, 1.54) is 0 Å². The molecule has 6 nitrogen and oxygen atoms in total. The van der Waals surface area contributed by atoms with Crippen LogP contribution >= 0.6 is 0 Å². The van der Waals surface area contributed by atoms with Crippen molar-refractivity contribution in [3.63, 3.8) is 0 Å². The number of amides is 2. The van der Waals surface area contributed by atoms with E-state index in [0.717, 1.165) is 28.4 Å². The van der Waals surface area contributed by atoms with E-state index in [-0.39, 0.29) is 6.03 Å². The Balaban J connectivity index is 1.76. The van der Waals surface area contributed by atoms with Gasteiger partial charge in [0, 0.05) is 41.5 Å². The number of urea groups is 1. The Kier molecular flexibility index (Phi) is 6.54. The summed E-state index contributed by atoms with van der Waals surface area (Å²) >= 11 is 0. The number of hydrogen-bond acceptors (Lipinski definition) is 3. The summed E-state index contributed by atoms with van der Waals surface area (Å²) in [5, 5.41) is 10.0. The second kappa shape index (κ2) is 8.63. The maximum absolute atomic E-state index is 12.1. The molecule has 0 fully saturated rings. The number of hydrogen-bond donors (Lipinski definition) is 2. The number of benzene rings is 1. The van der Waals surface area contributed by atoms with Gasteiger partial charge >= 0.3 is 6.03 Å². The summed E-state index contributed by atoms with van der Waals surface area (Å²) in [6, 6.07) is 8.99. The Morgan fingerprint density at radius 3 is 2.54 bits per heavy atom. The van der Waals surface area contributed by atoms with Gasteiger partial charge < -0.3 is 10.6 Å². The Hall–Kier alpha value is -2.15. The first-order valence-corrected chi connectivity index (χ1v) is 9.32. The van der Waals surface area contributed by atoms with E-state index in [0.29, 0.717) is 18.8 Å². The number of aromatic nitrogens is 2. The first-order chi connectivity index (χ1) is 11.5. The predicted molar refractivity (Wildman–Crippen MR) is 95.3 cm³/mol. The lowest BCUT2D eigenvalue weighted by Crippen LogP contribution is -2.37. The molecule has 1 unspecified atom stereocenters. The number of carbonyl (C=O) groups is 1. The third-order valence-corrected chi connectivity index (χ3v) is 5.21. The number of nitrogens with zero attached hydrogens (tertiary/aromatic N) is 2. The summed E-state index contributed by atoms with van der Waals surface area (Å²) < 4.78 is 14.0. The third-order valence-electron chi connectivity index (χ3n) is 3.84. The van der Waals surface area contributed by atoms with Gasteiger partial charge in [0.2, 0.25) is 0 Å². The van der Waals surface area contributed by atoms with Crippen molar-refractivity contribution < 1.29 is 9.00 Å². The lowest BCUT2D eigenvalue weighted by molar-refractivity contribution is 0.241. The molecule has 0 radical (unpaired) electrons. The maximum Gasteiger partial charge on any atom is 0.315 e. The molecule has 7 heteroatoms. The third kappa shape index (κ3) is 4.67. The van der Waals surface area contributed by atoms with Gasteiger partial charge in [-0.1, -0.05) is 18.2 Å². The number of rotatable bonds is 7. The van der Waals surface area contributed by atoms with Crippen molar-refractivity contribution in [2.75, 3.05) is 12.3 Å². The van der Waals surface area contributed by atoms with Gasteiger partial charge in [0.1, 0.15) is 0 Å². The average Bonchev–Trinajstić information content (AvgIpc) is 2.87. The molecule has 24 heavy (non-hydrogen) atoms. The molecule has 0 spiro atoms. The molecule has 130 valence electrons. The van der Waals surface area contributed by atoms with Crippen molar-refractivity contribution in [1.29, 1.82) is 0 Å². The molecule has 1 aromatic heterocycles. The minimum absolute atomic E-state index is 0.261. The number of aryl methyl sites for hydroxylation is 2. The molecule has 1 atom stereocenters. The summed E-state index contributed by atoms with van der Waals surface area (Å²) in [4.78, 5) is 12.7. The average molecular weight is 348 g/mol. The molecule has 1 aromatic carbocycles. The van der Waals surface area contributed by atoms with Crippen molar-refractivity contribution in [1.82, 2.24) is 20.4 Å². The first-order valence-electron chi connectivity index (χ1n) is 8.01. The molecular weight excluding hydrogens is 324 g/mol. The van der Waals surface area contributed by atoms with E-state index < -0.39 is 10.8 Å². The molecule has 0 saturated heterocycles. The van der Waals surface area contributed by atoms with Crippen LogP contribution in [-0.2, 0) is 23.9 Å². The summed E-state index contributed by atoms with van der Waals surface area (Å²) in [6.45, 7) is 7.59. The molecule has 0 saturated carbocycles. The smallest absolute Gasteiger partial charge is 0.315 e. The van der Waals surface area contributed by atoms with Gasteiger partial charge in [-0.15, -0.1) is 0 Å². The molecule has 2 rings (SSSR count). The largest absolute Gasteiger partial charge is 0.337 e. The van der Waals surface area contributed by atoms with E-state index in [9.17, 15) is 9.00 Å². The van der Waals surface area contributed by atoms with Gasteiger partial charge in [-0.25, -0.2) is 4.79 Å². The fraction of sp³-hybridized carbons (Fsp3) is 0.412. The van der Waals surface area contributed by atoms with Crippen LogP contribution in [0, 0.1) is 13.8 Å². The Morgan fingerprint density at radius 1 is 1.21 bits per heavy atom. The highest BCUT2D eigenvalue weighted by molar-refractivity contribution is 7.85. The van der Waals surface area contributed by atoms with Crippen LogP contribution in [-0.4, -0.2) is 32.3 Å². The highest BCUT2D eigenvalue weighted by atomic mass is 32.2. The zero-order valence-corrected chi connectivity index (χ0v) is 15.2. The van der Waals surface area contributed by atoms with Crippen molar-refractivity contribution in [2.24, 2.45) is 0 Å². The Labute approximate surface area is 145 Å². The van der Waals surface area contributed by atoms with Crippen LogP contribution in [0.25, 0.3) is 0 Å². The van der Waals surface area contributed by atoms with Crippen LogP contribution in [0.5, 0.6) is 0 Å². The zero-order valence-electron chi connectivity index (χ0n) is 14.3. The number of carbonyl (C=O) groups excluding carboxylic acids is 1. The summed E-state index contributed by atoms with van der Waals surface area (Å²) in [6.07, 6.45) is 0. The highest BCUT2D eigenvalue weighted by Crippen LogP contribution is 2.12. The van der Waals surface area contributed by atoms with E-state index in [4.69, 9.17) is 0 Å². The SMILES string of the molecule is CCn1nc(C)c(CNC(=O)NCCS(=O)c2ccccc2)c1C. The molecule has 2 N–H and O–H groups in total. The lowest BCUT2D eigenvalue weighted by atomic mass is 10.2. The zero-order chi connectivity index (χ0) is 17.5. The monoisotopic (exact) mass is 348 g/mol. The Bertz CT molecular complexity index is 713. The van der Waals surface area contributed by atoms with E-state index in [1.807, 2.05) is 55.8 Å². The van der Waals surface area contributed by atoms with Gasteiger partial charge in [0.15, 0.2) is 0 Å². The minimum Gasteiger partial charge on any atom is -0.337 e. The lowest BCUT2D eigenvalue weighted by Gasteiger charge is -2.08. The molecule has 2 aromatic rings. The molecule has 1 heterocycles. The van der Waals surface area contributed by atoms with E-state index in [2.05, 4.69) is 15.7 Å². The standard InChI is InChI=1S/C17H24N4O2S/c1-4-21-14(3)16(13(2)20-21)12-19-17(22)18-10-11-24(23)15-8-6-5-7-9-15/h5-9H,4,10-12H2,1-3H3,(H2,18,19,22). The topological polar surface area (TPSA) is 76.0 Å². The number of nitrogens with one attached hydrogen (secondary N) is 2. The second-order valence-electron chi connectivity index (χ2n) is 5.44. The fourth-order valence-electron chi connectivity index (χ4n) is 2.48. The highest BCUT2D eigenvalue weighted by Gasteiger charge is 2.11. The molecule has 0 aliphatic rings. The van der Waals surface area contributed by atoms with E-state index in [1.54, 1.807) is 0 Å². The first kappa shape index (κ1) is 18.2. The summed E-state index contributed by atoms with van der Waals surface area (Å²) in [7, 11) is -1.10. The van der Waals surface area contributed by atoms with Gasteiger partial charge in [-0.2, -0.15) is 5.10 Å². The van der Waals surface area contributed by atoms with Gasteiger partial charge in [-0.05, 0) is 32.9 Å². The van der Waals surface area contributed by atoms with Crippen LogP contribution in [0.4, 0.5) is 4.79 Å². The van der Waals surface area contributed by atoms with Gasteiger partial charge in [0.05, 0.1) is 16.5 Å². The van der Waals surface area contributed by atoms with Crippen LogP contribution in [0.1, 0.15) is 23.9 Å². The maximum atomic E-state index is 12.1. The quantitative estimate of drug-likeness (QED) is 0.805. The van der Waals surface area contributed by atoms with Crippen LogP contribution in [0.15, 0.2) is 35.2 Å². The molecule has 0 bridgehead atoms. The Morgan fingerprint density at radius 2 is 1.92 bits per heavy atom. The normalized spacial score (nSPS) is 12.0. The van der Waals surface area contributed by atoms with Crippen molar-refractivity contribution in [3.05, 3.63) is 47.3 Å². The molecule has 2 amide bonds. The van der Waals surface area contributed by atoms with Crippen molar-refractivity contribution in [3.8, 4) is 0 Å². The van der Waals surface area contributed by atoms with Crippen LogP contribution < -0.4 is 10.6 Å².